The Morgan fingerprint density at radius 1 is 1.17 bits per heavy atom. The number of likely N-dealkylation sites (tertiary alicyclic amines) is 1. The van der Waals surface area contributed by atoms with Gasteiger partial charge in [0.1, 0.15) is 30.2 Å². The molecule has 0 radical (unpaired) electrons. The fourth-order valence-corrected chi connectivity index (χ4v) is 5.43. The van der Waals surface area contributed by atoms with Gasteiger partial charge in [0.2, 0.25) is 5.88 Å². The van der Waals surface area contributed by atoms with Gasteiger partial charge in [-0.3, -0.25) is 9.69 Å². The number of carbonyl (C=O) groups is 1. The summed E-state index contributed by atoms with van der Waals surface area (Å²) in [5.74, 6) is 1.13. The van der Waals surface area contributed by atoms with E-state index in [4.69, 9.17) is 25.8 Å². The minimum absolute atomic E-state index is 0.0830. The van der Waals surface area contributed by atoms with Crippen LogP contribution in [0.25, 0.3) is 0 Å². The van der Waals surface area contributed by atoms with E-state index in [0.717, 1.165) is 66.3 Å². The summed E-state index contributed by atoms with van der Waals surface area (Å²) in [5.41, 5.74) is 5.72. The van der Waals surface area contributed by atoms with E-state index in [1.165, 1.54) is 6.07 Å². The molecule has 7 nitrogen and oxygen atoms in total. The first-order valence-corrected chi connectivity index (χ1v) is 14.4. The number of hydrogen-bond acceptors (Lipinski definition) is 7. The third kappa shape index (κ3) is 7.24. The van der Waals surface area contributed by atoms with Crippen molar-refractivity contribution in [3.8, 4) is 5.88 Å². The molecule has 42 heavy (non-hydrogen) atoms. The standard InChI is InChI=1S/C33H34ClFN4O3/c1-22-7-8-25(20-40)16-32(22)39(19-29-15-24(3)42-37-29)23(2)18-38-13-11-26(12-14-38)31-5-4-6-33(36-31)41-21-27-9-10-28(34)17-30(27)35/h4-10,15-17,20,26H,2,11-14,18-19,21H2,1,3H3. The van der Waals surface area contributed by atoms with Crippen LogP contribution in [0.3, 0.4) is 0 Å². The summed E-state index contributed by atoms with van der Waals surface area (Å²) in [4.78, 5) is 20.8. The van der Waals surface area contributed by atoms with E-state index in [1.807, 2.05) is 50.2 Å². The van der Waals surface area contributed by atoms with Crippen molar-refractivity contribution in [1.82, 2.24) is 15.0 Å². The number of rotatable bonds is 11. The Bertz CT molecular complexity index is 1560. The highest BCUT2D eigenvalue weighted by molar-refractivity contribution is 6.30. The van der Waals surface area contributed by atoms with Crippen molar-refractivity contribution in [2.45, 2.75) is 45.8 Å². The highest BCUT2D eigenvalue weighted by Gasteiger charge is 2.24. The zero-order chi connectivity index (χ0) is 29.6. The lowest BCUT2D eigenvalue weighted by Crippen LogP contribution is -2.38. The maximum absolute atomic E-state index is 14.1. The van der Waals surface area contributed by atoms with Crippen molar-refractivity contribution in [2.24, 2.45) is 0 Å². The van der Waals surface area contributed by atoms with Gasteiger partial charge in [-0.05, 0) is 69.6 Å². The fourth-order valence-electron chi connectivity index (χ4n) is 5.27. The molecule has 218 valence electrons. The Labute approximate surface area is 250 Å². The predicted molar refractivity (Wildman–Crippen MR) is 162 cm³/mol. The zero-order valence-corrected chi connectivity index (χ0v) is 24.6. The first-order valence-electron chi connectivity index (χ1n) is 14.0. The van der Waals surface area contributed by atoms with Crippen LogP contribution in [-0.2, 0) is 13.2 Å². The third-order valence-corrected chi connectivity index (χ3v) is 7.82. The van der Waals surface area contributed by atoms with E-state index in [1.54, 1.807) is 18.2 Å². The molecule has 2 aromatic heterocycles. The molecule has 0 atom stereocenters. The van der Waals surface area contributed by atoms with Crippen LogP contribution in [0.4, 0.5) is 10.1 Å². The third-order valence-electron chi connectivity index (χ3n) is 7.59. The number of pyridine rings is 1. The van der Waals surface area contributed by atoms with Gasteiger partial charge in [0.15, 0.2) is 0 Å². The van der Waals surface area contributed by atoms with Gasteiger partial charge in [0.05, 0.1) is 6.54 Å². The summed E-state index contributed by atoms with van der Waals surface area (Å²) in [6.45, 7) is 11.4. The minimum Gasteiger partial charge on any atom is -0.473 e. The van der Waals surface area contributed by atoms with E-state index < -0.39 is 5.82 Å². The molecule has 1 fully saturated rings. The number of aryl methyl sites for hydroxylation is 2. The lowest BCUT2D eigenvalue weighted by Gasteiger charge is -2.35. The number of piperidine rings is 1. The van der Waals surface area contributed by atoms with Gasteiger partial charge in [-0.15, -0.1) is 0 Å². The SMILES string of the molecule is C=C(CN1CCC(c2cccc(OCc3ccc(Cl)cc3F)n2)CC1)N(Cc1cc(C)on1)c1cc(C=O)ccc1C. The van der Waals surface area contributed by atoms with Crippen LogP contribution in [0.15, 0.2) is 77.5 Å². The second-order valence-corrected chi connectivity index (χ2v) is 11.2. The number of aldehydes is 1. The maximum Gasteiger partial charge on any atom is 0.213 e. The normalized spacial score (nSPS) is 14.1. The van der Waals surface area contributed by atoms with Crippen LogP contribution in [-0.4, -0.2) is 41.0 Å². The summed E-state index contributed by atoms with van der Waals surface area (Å²) in [7, 11) is 0. The van der Waals surface area contributed by atoms with Gasteiger partial charge in [-0.25, -0.2) is 9.37 Å². The molecule has 0 aliphatic carbocycles. The van der Waals surface area contributed by atoms with E-state index >= 15 is 0 Å². The Balaban J connectivity index is 1.21. The van der Waals surface area contributed by atoms with Crippen LogP contribution >= 0.6 is 11.6 Å². The summed E-state index contributed by atoms with van der Waals surface area (Å²) in [6, 6.07) is 17.9. The number of aromatic nitrogens is 2. The Morgan fingerprint density at radius 2 is 1.98 bits per heavy atom. The van der Waals surface area contributed by atoms with Crippen molar-refractivity contribution in [3.05, 3.63) is 118 Å². The summed E-state index contributed by atoms with van der Waals surface area (Å²) in [6.07, 6.45) is 2.74. The van der Waals surface area contributed by atoms with Crippen molar-refractivity contribution < 1.29 is 18.4 Å². The molecule has 0 amide bonds. The molecule has 4 aromatic rings. The number of halogens is 2. The molecule has 0 unspecified atom stereocenters. The van der Waals surface area contributed by atoms with Crippen molar-refractivity contribution in [2.75, 3.05) is 24.5 Å². The van der Waals surface area contributed by atoms with Gasteiger partial charge >= 0.3 is 0 Å². The lowest BCUT2D eigenvalue weighted by atomic mass is 9.93. The van der Waals surface area contributed by atoms with Crippen LogP contribution in [0.1, 0.15) is 57.4 Å². The Kier molecular flexibility index (Phi) is 9.35. The molecule has 0 bridgehead atoms. The molecule has 2 aromatic carbocycles. The highest BCUT2D eigenvalue weighted by atomic mass is 35.5. The zero-order valence-electron chi connectivity index (χ0n) is 23.9. The van der Waals surface area contributed by atoms with Crippen molar-refractivity contribution in [3.63, 3.8) is 0 Å². The molecule has 5 rings (SSSR count). The minimum atomic E-state index is -0.395. The first-order chi connectivity index (χ1) is 20.3. The Morgan fingerprint density at radius 3 is 2.69 bits per heavy atom. The summed E-state index contributed by atoms with van der Waals surface area (Å²) in [5, 5.41) is 4.54. The number of carbonyl (C=O) groups excluding carboxylic acids is 1. The number of hydrogen-bond donors (Lipinski definition) is 0. The van der Waals surface area contributed by atoms with Crippen LogP contribution < -0.4 is 9.64 Å². The molecular weight excluding hydrogens is 555 g/mol. The quantitative estimate of drug-likeness (QED) is 0.171. The average Bonchev–Trinajstić information content (AvgIpc) is 3.41. The van der Waals surface area contributed by atoms with Crippen LogP contribution in [0, 0.1) is 19.7 Å². The molecule has 0 saturated carbocycles. The monoisotopic (exact) mass is 588 g/mol. The predicted octanol–water partition coefficient (Wildman–Crippen LogP) is 7.27. The summed E-state index contributed by atoms with van der Waals surface area (Å²) >= 11 is 5.85. The van der Waals surface area contributed by atoms with Crippen LogP contribution in [0.2, 0.25) is 5.02 Å². The van der Waals surface area contributed by atoms with E-state index in [2.05, 4.69) is 21.5 Å². The second kappa shape index (κ2) is 13.3. The van der Waals surface area contributed by atoms with Crippen LogP contribution in [0.5, 0.6) is 5.88 Å². The van der Waals surface area contributed by atoms with Crippen molar-refractivity contribution in [1.29, 1.82) is 0 Å². The summed E-state index contributed by atoms with van der Waals surface area (Å²) < 4.78 is 25.3. The molecule has 0 spiro atoms. The topological polar surface area (TPSA) is 71.7 Å². The molecule has 9 heteroatoms. The van der Waals surface area contributed by atoms with E-state index in [9.17, 15) is 9.18 Å². The molecule has 1 aliphatic rings. The molecule has 3 heterocycles. The molecular formula is C33H34ClFN4O3. The highest BCUT2D eigenvalue weighted by Crippen LogP contribution is 2.31. The second-order valence-electron chi connectivity index (χ2n) is 10.7. The molecule has 0 N–H and O–H groups in total. The number of benzene rings is 2. The van der Waals surface area contributed by atoms with Gasteiger partial charge in [-0.1, -0.05) is 47.6 Å². The van der Waals surface area contributed by atoms with Crippen molar-refractivity contribution >= 4 is 23.6 Å². The smallest absolute Gasteiger partial charge is 0.213 e. The van der Waals surface area contributed by atoms with Gasteiger partial charge in [-0.2, -0.15) is 0 Å². The number of ether oxygens (including phenoxy) is 1. The largest absolute Gasteiger partial charge is 0.473 e. The molecule has 1 aliphatic heterocycles. The first kappa shape index (κ1) is 29.5. The number of nitrogens with zero attached hydrogens (tertiary/aromatic N) is 4. The fraction of sp³-hybridized carbons (Fsp3) is 0.303. The Hall–Kier alpha value is -4.01. The lowest BCUT2D eigenvalue weighted by molar-refractivity contribution is 0.112. The molecule has 1 saturated heterocycles. The maximum atomic E-state index is 14.1. The van der Waals surface area contributed by atoms with E-state index in [0.29, 0.717) is 41.0 Å². The van der Waals surface area contributed by atoms with Gasteiger partial charge < -0.3 is 14.2 Å². The number of anilines is 1. The van der Waals surface area contributed by atoms with Gasteiger partial charge in [0, 0.05) is 57.8 Å². The van der Waals surface area contributed by atoms with E-state index in [-0.39, 0.29) is 6.61 Å². The van der Waals surface area contributed by atoms with Gasteiger partial charge in [0.25, 0.3) is 0 Å². The average molecular weight is 589 g/mol.